The lowest BCUT2D eigenvalue weighted by molar-refractivity contribution is 0.824. The Hall–Kier alpha value is -2.92. The highest BCUT2D eigenvalue weighted by Crippen LogP contribution is 2.22. The maximum absolute atomic E-state index is 12.7. The topological polar surface area (TPSA) is 52.2 Å². The molecule has 0 bridgehead atoms. The minimum Gasteiger partial charge on any atom is -0.266 e. The number of hydrogen-bond acceptors (Lipinski definition) is 3. The molecule has 4 rings (SSSR count). The number of fused-ring (bicyclic) bond motifs is 1. The largest absolute Gasteiger partial charge is 0.282 e. The minimum absolute atomic E-state index is 0.145. The second-order valence-corrected chi connectivity index (χ2v) is 5.52. The lowest BCUT2D eigenvalue weighted by Crippen LogP contribution is -2.20. The monoisotopic (exact) mass is 322 g/mol. The van der Waals surface area contributed by atoms with Gasteiger partial charge >= 0.3 is 0 Å². The normalized spacial score (nSPS) is 11.0. The summed E-state index contributed by atoms with van der Waals surface area (Å²) in [6.45, 7) is 0. The lowest BCUT2D eigenvalue weighted by Gasteiger charge is -2.04. The van der Waals surface area contributed by atoms with Crippen molar-refractivity contribution in [2.75, 3.05) is 0 Å². The Morgan fingerprint density at radius 1 is 1.04 bits per heavy atom. The van der Waals surface area contributed by atoms with Gasteiger partial charge < -0.3 is 0 Å². The van der Waals surface area contributed by atoms with E-state index in [0.29, 0.717) is 16.2 Å². The first kappa shape index (κ1) is 13.7. The van der Waals surface area contributed by atoms with Gasteiger partial charge in [0.1, 0.15) is 11.8 Å². The molecular weight excluding hydrogens is 312 g/mol. The summed E-state index contributed by atoms with van der Waals surface area (Å²) in [5.41, 5.74) is 2.93. The van der Waals surface area contributed by atoms with Gasteiger partial charge in [-0.2, -0.15) is 5.10 Å². The van der Waals surface area contributed by atoms with Gasteiger partial charge in [0.15, 0.2) is 0 Å². The summed E-state index contributed by atoms with van der Waals surface area (Å²) in [5.74, 6) is 0. The Balaban J connectivity index is 1.88. The van der Waals surface area contributed by atoms with Gasteiger partial charge in [-0.25, -0.2) is 4.52 Å². The molecule has 0 saturated heterocycles. The minimum atomic E-state index is -0.145. The number of aromatic nitrogens is 4. The highest BCUT2D eigenvalue weighted by Gasteiger charge is 2.09. The van der Waals surface area contributed by atoms with E-state index in [1.165, 1.54) is 10.9 Å². The third kappa shape index (κ3) is 2.41. The molecule has 112 valence electrons. The van der Waals surface area contributed by atoms with E-state index in [-0.39, 0.29) is 5.56 Å². The molecule has 0 aliphatic heterocycles. The van der Waals surface area contributed by atoms with E-state index in [2.05, 4.69) is 10.1 Å². The van der Waals surface area contributed by atoms with Crippen LogP contribution in [0.5, 0.6) is 0 Å². The highest BCUT2D eigenvalue weighted by atomic mass is 35.5. The molecule has 6 heteroatoms. The Morgan fingerprint density at radius 2 is 1.87 bits per heavy atom. The molecule has 0 aliphatic rings. The molecule has 0 amide bonds. The average molecular weight is 323 g/mol. The van der Waals surface area contributed by atoms with Crippen molar-refractivity contribution in [2.45, 2.75) is 0 Å². The molecule has 0 N–H and O–H groups in total. The molecule has 0 spiro atoms. The molecule has 0 fully saturated rings. The van der Waals surface area contributed by atoms with Crippen molar-refractivity contribution in [3.05, 3.63) is 82.8 Å². The van der Waals surface area contributed by atoms with Crippen LogP contribution >= 0.6 is 11.6 Å². The van der Waals surface area contributed by atoms with E-state index in [1.807, 2.05) is 42.6 Å². The maximum Gasteiger partial charge on any atom is 0.282 e. The summed E-state index contributed by atoms with van der Waals surface area (Å²) in [7, 11) is 0. The van der Waals surface area contributed by atoms with Crippen LogP contribution in [0, 0.1) is 0 Å². The standard InChI is InChI=1S/C17H11ClN4O/c18-14-5-3-12(4-6-14)13-8-16-17(23)21(11-20-22(16)10-13)15-2-1-7-19-9-15/h1-11H. The van der Waals surface area contributed by atoms with Crippen LogP contribution in [-0.4, -0.2) is 19.2 Å². The Bertz CT molecular complexity index is 1040. The number of pyridine rings is 1. The van der Waals surface area contributed by atoms with E-state index in [4.69, 9.17) is 11.6 Å². The molecule has 0 unspecified atom stereocenters. The van der Waals surface area contributed by atoms with Gasteiger partial charge in [-0.3, -0.25) is 14.3 Å². The SMILES string of the molecule is O=c1c2cc(-c3ccc(Cl)cc3)cn2ncn1-c1cccnc1. The molecule has 0 saturated carbocycles. The summed E-state index contributed by atoms with van der Waals surface area (Å²) >= 11 is 5.91. The zero-order valence-electron chi connectivity index (χ0n) is 11.9. The van der Waals surface area contributed by atoms with Crippen molar-refractivity contribution < 1.29 is 0 Å². The maximum atomic E-state index is 12.7. The highest BCUT2D eigenvalue weighted by molar-refractivity contribution is 6.30. The Morgan fingerprint density at radius 3 is 2.61 bits per heavy atom. The van der Waals surface area contributed by atoms with Gasteiger partial charge in [0.25, 0.3) is 5.56 Å². The molecule has 3 heterocycles. The van der Waals surface area contributed by atoms with Crippen molar-refractivity contribution in [2.24, 2.45) is 0 Å². The van der Waals surface area contributed by atoms with Gasteiger partial charge in [0, 0.05) is 23.0 Å². The number of hydrogen-bond donors (Lipinski definition) is 0. The molecule has 0 radical (unpaired) electrons. The average Bonchev–Trinajstić information content (AvgIpc) is 3.02. The fourth-order valence-corrected chi connectivity index (χ4v) is 2.60. The fourth-order valence-electron chi connectivity index (χ4n) is 2.47. The molecule has 3 aromatic heterocycles. The first-order valence-corrected chi connectivity index (χ1v) is 7.36. The van der Waals surface area contributed by atoms with Crippen molar-refractivity contribution in [3.63, 3.8) is 0 Å². The van der Waals surface area contributed by atoms with E-state index >= 15 is 0 Å². The van der Waals surface area contributed by atoms with Crippen molar-refractivity contribution in [1.29, 1.82) is 0 Å². The van der Waals surface area contributed by atoms with Crippen LogP contribution in [0.2, 0.25) is 5.02 Å². The number of rotatable bonds is 2. The molecule has 0 aliphatic carbocycles. The molecule has 0 atom stereocenters. The van der Waals surface area contributed by atoms with Crippen LogP contribution in [0.15, 0.2) is 72.2 Å². The first-order chi connectivity index (χ1) is 11.2. The zero-order chi connectivity index (χ0) is 15.8. The van der Waals surface area contributed by atoms with E-state index < -0.39 is 0 Å². The van der Waals surface area contributed by atoms with Crippen LogP contribution < -0.4 is 5.56 Å². The summed E-state index contributed by atoms with van der Waals surface area (Å²) in [6.07, 6.45) is 6.62. The van der Waals surface area contributed by atoms with Gasteiger partial charge in [0.05, 0.1) is 11.9 Å². The predicted octanol–water partition coefficient (Wildman–Crippen LogP) is 3.20. The van der Waals surface area contributed by atoms with Crippen molar-refractivity contribution >= 4 is 17.1 Å². The second kappa shape index (κ2) is 5.37. The van der Waals surface area contributed by atoms with Gasteiger partial charge in [0.2, 0.25) is 0 Å². The molecule has 5 nitrogen and oxygen atoms in total. The van der Waals surface area contributed by atoms with E-state index in [0.717, 1.165) is 11.1 Å². The fraction of sp³-hybridized carbons (Fsp3) is 0. The molecule has 1 aromatic carbocycles. The molecule has 4 aromatic rings. The third-order valence-corrected chi connectivity index (χ3v) is 3.88. The van der Waals surface area contributed by atoms with Gasteiger partial charge in [-0.15, -0.1) is 0 Å². The van der Waals surface area contributed by atoms with Crippen molar-refractivity contribution in [3.8, 4) is 16.8 Å². The molecule has 23 heavy (non-hydrogen) atoms. The summed E-state index contributed by atoms with van der Waals surface area (Å²) in [6, 6.07) is 12.9. The quantitative estimate of drug-likeness (QED) is 0.569. The van der Waals surface area contributed by atoms with Gasteiger partial charge in [-0.05, 0) is 35.9 Å². The number of benzene rings is 1. The summed E-state index contributed by atoms with van der Waals surface area (Å²) in [4.78, 5) is 16.7. The second-order valence-electron chi connectivity index (χ2n) is 5.08. The smallest absolute Gasteiger partial charge is 0.266 e. The van der Waals surface area contributed by atoms with Crippen LogP contribution in [0.3, 0.4) is 0 Å². The van der Waals surface area contributed by atoms with E-state index in [1.54, 1.807) is 23.0 Å². The van der Waals surface area contributed by atoms with E-state index in [9.17, 15) is 4.79 Å². The van der Waals surface area contributed by atoms with Crippen LogP contribution in [0.25, 0.3) is 22.3 Å². The lowest BCUT2D eigenvalue weighted by atomic mass is 10.1. The zero-order valence-corrected chi connectivity index (χ0v) is 12.7. The van der Waals surface area contributed by atoms with Crippen LogP contribution in [-0.2, 0) is 0 Å². The Labute approximate surface area is 136 Å². The predicted molar refractivity (Wildman–Crippen MR) is 89.0 cm³/mol. The molecular formula is C17H11ClN4O. The van der Waals surface area contributed by atoms with Crippen LogP contribution in [0.1, 0.15) is 0 Å². The Kier molecular flexibility index (Phi) is 3.20. The third-order valence-electron chi connectivity index (χ3n) is 3.63. The van der Waals surface area contributed by atoms with Crippen LogP contribution in [0.4, 0.5) is 0 Å². The summed E-state index contributed by atoms with van der Waals surface area (Å²) < 4.78 is 3.06. The van der Waals surface area contributed by atoms with Crippen molar-refractivity contribution in [1.82, 2.24) is 19.2 Å². The number of halogens is 1. The summed E-state index contributed by atoms with van der Waals surface area (Å²) in [5, 5.41) is 4.98. The van der Waals surface area contributed by atoms with Gasteiger partial charge in [-0.1, -0.05) is 23.7 Å². The number of nitrogens with zero attached hydrogens (tertiary/aromatic N) is 4. The first-order valence-electron chi connectivity index (χ1n) is 6.99.